The number of hydrogen-bond donors (Lipinski definition) is 2. The number of carbonyl (C=O) groups is 1. The third-order valence-corrected chi connectivity index (χ3v) is 3.96. The van der Waals surface area contributed by atoms with Crippen molar-refractivity contribution in [3.8, 4) is 0 Å². The van der Waals surface area contributed by atoms with Gasteiger partial charge in [-0.2, -0.15) is 5.10 Å². The summed E-state index contributed by atoms with van der Waals surface area (Å²) in [7, 11) is 0. The normalized spacial score (nSPS) is 12.2. The second-order valence-corrected chi connectivity index (χ2v) is 7.33. The van der Waals surface area contributed by atoms with Crippen LogP contribution in [-0.4, -0.2) is 20.9 Å². The van der Waals surface area contributed by atoms with Gasteiger partial charge in [0.15, 0.2) is 0 Å². The highest BCUT2D eigenvalue weighted by Crippen LogP contribution is 2.25. The highest BCUT2D eigenvalue weighted by molar-refractivity contribution is 5.80. The molecular formula is C18H25N3O2. The fourth-order valence-corrected chi connectivity index (χ4v) is 2.15. The topological polar surface area (TPSA) is 67.2 Å². The number of hydrogen-bond acceptors (Lipinski definition) is 3. The molecule has 0 amide bonds. The molecule has 23 heavy (non-hydrogen) atoms. The van der Waals surface area contributed by atoms with Crippen LogP contribution in [0.2, 0.25) is 0 Å². The molecule has 0 unspecified atom stereocenters. The molecule has 1 heterocycles. The molecule has 2 aromatic rings. The molecule has 0 saturated heterocycles. The number of carboxylic acids is 1. The Balaban J connectivity index is 2.02. The second kappa shape index (κ2) is 6.07. The molecule has 0 radical (unpaired) electrons. The molecule has 2 N–H and O–H groups in total. The first-order valence-electron chi connectivity index (χ1n) is 7.72. The molecule has 0 saturated carbocycles. The minimum atomic E-state index is -0.883. The zero-order chi connectivity index (χ0) is 17.3. The average molecular weight is 315 g/mol. The van der Waals surface area contributed by atoms with Crippen molar-refractivity contribution < 1.29 is 9.90 Å². The van der Waals surface area contributed by atoms with E-state index >= 15 is 0 Å². The zero-order valence-electron chi connectivity index (χ0n) is 14.4. The Morgan fingerprint density at radius 1 is 1.17 bits per heavy atom. The summed E-state index contributed by atoms with van der Waals surface area (Å²) in [6, 6.07) is 7.53. The summed E-state index contributed by atoms with van der Waals surface area (Å²) in [5.41, 5.74) is 1.94. The number of benzene rings is 1. The monoisotopic (exact) mass is 315 g/mol. The van der Waals surface area contributed by atoms with E-state index in [4.69, 9.17) is 0 Å². The van der Waals surface area contributed by atoms with Gasteiger partial charge in [-0.05, 0) is 52.3 Å². The number of aromatic nitrogens is 2. The fraction of sp³-hybridized carbons (Fsp3) is 0.444. The molecule has 0 aliphatic rings. The lowest BCUT2D eigenvalue weighted by Crippen LogP contribution is -2.28. The first kappa shape index (κ1) is 17.1. The van der Waals surface area contributed by atoms with Gasteiger partial charge in [0.25, 0.3) is 0 Å². The van der Waals surface area contributed by atoms with Gasteiger partial charge < -0.3 is 10.4 Å². The third kappa shape index (κ3) is 3.92. The number of nitrogens with zero attached hydrogens (tertiary/aromatic N) is 2. The van der Waals surface area contributed by atoms with E-state index in [9.17, 15) is 9.90 Å². The number of aliphatic carboxylic acids is 1. The SMILES string of the molecule is CC(C)(C(=O)O)c1ccc(NCc2cnn(C(C)(C)C)c2)cc1. The van der Waals surface area contributed by atoms with E-state index in [2.05, 4.69) is 31.2 Å². The Morgan fingerprint density at radius 3 is 2.26 bits per heavy atom. The van der Waals surface area contributed by atoms with E-state index in [1.54, 1.807) is 13.8 Å². The van der Waals surface area contributed by atoms with Gasteiger partial charge >= 0.3 is 5.97 Å². The van der Waals surface area contributed by atoms with Crippen molar-refractivity contribution in [2.45, 2.75) is 52.1 Å². The van der Waals surface area contributed by atoms with Crippen molar-refractivity contribution in [3.05, 3.63) is 47.8 Å². The van der Waals surface area contributed by atoms with Gasteiger partial charge in [0, 0.05) is 24.0 Å². The predicted molar refractivity (Wildman–Crippen MR) is 91.7 cm³/mol. The van der Waals surface area contributed by atoms with Crippen molar-refractivity contribution >= 4 is 11.7 Å². The van der Waals surface area contributed by atoms with Crippen LogP contribution in [0.4, 0.5) is 5.69 Å². The summed E-state index contributed by atoms with van der Waals surface area (Å²) >= 11 is 0. The summed E-state index contributed by atoms with van der Waals surface area (Å²) in [6.45, 7) is 10.4. The van der Waals surface area contributed by atoms with Gasteiger partial charge in [-0.1, -0.05) is 12.1 Å². The average Bonchev–Trinajstić information content (AvgIpc) is 2.94. The molecule has 5 nitrogen and oxygen atoms in total. The van der Waals surface area contributed by atoms with Crippen molar-refractivity contribution in [2.75, 3.05) is 5.32 Å². The van der Waals surface area contributed by atoms with Crippen LogP contribution in [0.1, 0.15) is 45.7 Å². The van der Waals surface area contributed by atoms with Crippen LogP contribution in [0.25, 0.3) is 0 Å². The van der Waals surface area contributed by atoms with E-state index in [1.807, 2.05) is 41.3 Å². The molecule has 5 heteroatoms. The molecular weight excluding hydrogens is 290 g/mol. The Labute approximate surface area is 137 Å². The van der Waals surface area contributed by atoms with Gasteiger partial charge in [0.2, 0.25) is 0 Å². The number of nitrogens with one attached hydrogen (secondary N) is 1. The number of rotatable bonds is 5. The molecule has 2 rings (SSSR count). The molecule has 1 aromatic carbocycles. The van der Waals surface area contributed by atoms with Crippen LogP contribution < -0.4 is 5.32 Å². The van der Waals surface area contributed by atoms with Gasteiger partial charge in [0.1, 0.15) is 0 Å². The molecule has 0 spiro atoms. The molecule has 1 aromatic heterocycles. The summed E-state index contributed by atoms with van der Waals surface area (Å²) in [6.07, 6.45) is 3.90. The number of carboxylic acid groups (broad SMARTS) is 1. The Bertz CT molecular complexity index is 679. The van der Waals surface area contributed by atoms with E-state index < -0.39 is 11.4 Å². The summed E-state index contributed by atoms with van der Waals surface area (Å²) < 4.78 is 1.95. The van der Waals surface area contributed by atoms with Crippen LogP contribution in [0.15, 0.2) is 36.7 Å². The maximum Gasteiger partial charge on any atom is 0.313 e. The van der Waals surface area contributed by atoms with Gasteiger partial charge in [-0.25, -0.2) is 0 Å². The molecule has 0 aliphatic heterocycles. The Morgan fingerprint density at radius 2 is 1.78 bits per heavy atom. The Hall–Kier alpha value is -2.30. The maximum absolute atomic E-state index is 11.3. The highest BCUT2D eigenvalue weighted by Gasteiger charge is 2.29. The third-order valence-electron chi connectivity index (χ3n) is 3.96. The first-order valence-corrected chi connectivity index (χ1v) is 7.72. The molecule has 0 aliphatic carbocycles. The highest BCUT2D eigenvalue weighted by atomic mass is 16.4. The lowest BCUT2D eigenvalue weighted by atomic mass is 9.85. The van der Waals surface area contributed by atoms with Gasteiger partial charge in [-0.15, -0.1) is 0 Å². The number of anilines is 1. The Kier molecular flexibility index (Phi) is 4.50. The minimum absolute atomic E-state index is 0.0255. The van der Waals surface area contributed by atoms with Crippen LogP contribution in [0.5, 0.6) is 0 Å². The largest absolute Gasteiger partial charge is 0.481 e. The van der Waals surface area contributed by atoms with Crippen LogP contribution in [0, 0.1) is 0 Å². The quantitative estimate of drug-likeness (QED) is 0.884. The first-order chi connectivity index (χ1) is 10.6. The fourth-order valence-electron chi connectivity index (χ4n) is 2.15. The van der Waals surface area contributed by atoms with Crippen LogP contribution in [-0.2, 0) is 22.3 Å². The van der Waals surface area contributed by atoms with E-state index in [1.165, 1.54) is 0 Å². The van der Waals surface area contributed by atoms with Crippen molar-refractivity contribution in [3.63, 3.8) is 0 Å². The van der Waals surface area contributed by atoms with Crippen LogP contribution in [0.3, 0.4) is 0 Å². The predicted octanol–water partition coefficient (Wildman–Crippen LogP) is 3.61. The van der Waals surface area contributed by atoms with Gasteiger partial charge in [-0.3, -0.25) is 9.48 Å². The molecule has 0 atom stereocenters. The van der Waals surface area contributed by atoms with Crippen molar-refractivity contribution in [2.24, 2.45) is 0 Å². The molecule has 0 fully saturated rings. The van der Waals surface area contributed by atoms with Crippen molar-refractivity contribution in [1.82, 2.24) is 9.78 Å². The standard InChI is InChI=1S/C18H25N3O2/c1-17(2,3)21-12-13(11-20-21)10-19-15-8-6-14(7-9-15)18(4,5)16(22)23/h6-9,11-12,19H,10H2,1-5H3,(H,22,23). The summed E-state index contributed by atoms with van der Waals surface area (Å²) in [4.78, 5) is 11.3. The second-order valence-electron chi connectivity index (χ2n) is 7.33. The van der Waals surface area contributed by atoms with Crippen LogP contribution >= 0.6 is 0 Å². The van der Waals surface area contributed by atoms with E-state index in [0.717, 1.165) is 16.8 Å². The minimum Gasteiger partial charge on any atom is -0.481 e. The van der Waals surface area contributed by atoms with Crippen molar-refractivity contribution in [1.29, 1.82) is 0 Å². The molecule has 0 bridgehead atoms. The summed E-state index contributed by atoms with van der Waals surface area (Å²) in [5, 5.41) is 17.0. The smallest absolute Gasteiger partial charge is 0.313 e. The maximum atomic E-state index is 11.3. The summed E-state index contributed by atoms with van der Waals surface area (Å²) in [5.74, 6) is -0.826. The van der Waals surface area contributed by atoms with E-state index in [0.29, 0.717) is 6.54 Å². The zero-order valence-corrected chi connectivity index (χ0v) is 14.4. The lowest BCUT2D eigenvalue weighted by Gasteiger charge is -2.20. The van der Waals surface area contributed by atoms with Gasteiger partial charge in [0.05, 0.1) is 17.2 Å². The molecule has 124 valence electrons. The van der Waals surface area contributed by atoms with E-state index in [-0.39, 0.29) is 5.54 Å². The lowest BCUT2D eigenvalue weighted by molar-refractivity contribution is -0.142.